The first-order valence-electron chi connectivity index (χ1n) is 5.78. The van der Waals surface area contributed by atoms with Crippen LogP contribution in [0.1, 0.15) is 21.5 Å². The second-order valence-electron chi connectivity index (χ2n) is 4.18. The van der Waals surface area contributed by atoms with Gasteiger partial charge in [0.05, 0.1) is 10.6 Å². The number of aryl methyl sites for hydroxylation is 1. The van der Waals surface area contributed by atoms with Crippen LogP contribution in [0.5, 0.6) is 5.75 Å². The maximum atomic E-state index is 10.9. The highest BCUT2D eigenvalue weighted by molar-refractivity contribution is 6.33. The first-order chi connectivity index (χ1) is 9.08. The van der Waals surface area contributed by atoms with Gasteiger partial charge >= 0.3 is 5.97 Å². The predicted octanol–water partition coefficient (Wildman–Crippen LogP) is 3.93. The molecule has 98 valence electrons. The van der Waals surface area contributed by atoms with Crippen molar-refractivity contribution in [3.63, 3.8) is 0 Å². The molecule has 2 aromatic carbocycles. The lowest BCUT2D eigenvalue weighted by molar-refractivity contribution is 0.0697. The van der Waals surface area contributed by atoms with Crippen LogP contribution in [0, 0.1) is 6.92 Å². The van der Waals surface area contributed by atoms with E-state index in [1.165, 1.54) is 6.07 Å². The second-order valence-corrected chi connectivity index (χ2v) is 4.58. The molecular formula is C15H13ClO3. The van der Waals surface area contributed by atoms with Crippen molar-refractivity contribution >= 4 is 17.6 Å². The van der Waals surface area contributed by atoms with Crippen molar-refractivity contribution in [3.05, 3.63) is 64.2 Å². The van der Waals surface area contributed by atoms with Crippen molar-refractivity contribution < 1.29 is 14.6 Å². The van der Waals surface area contributed by atoms with Gasteiger partial charge in [-0.15, -0.1) is 0 Å². The molecule has 0 spiro atoms. The minimum Gasteiger partial charge on any atom is -0.489 e. The quantitative estimate of drug-likeness (QED) is 0.920. The molecule has 0 aromatic heterocycles. The Morgan fingerprint density at radius 1 is 1.26 bits per heavy atom. The molecule has 2 aromatic rings. The highest BCUT2D eigenvalue weighted by Gasteiger charge is 2.12. The monoisotopic (exact) mass is 276 g/mol. The number of carboxylic acids is 1. The first-order valence-corrected chi connectivity index (χ1v) is 6.16. The van der Waals surface area contributed by atoms with Gasteiger partial charge in [0.2, 0.25) is 0 Å². The fraction of sp³-hybridized carbons (Fsp3) is 0.133. The van der Waals surface area contributed by atoms with Gasteiger partial charge in [-0.25, -0.2) is 4.79 Å². The predicted molar refractivity (Wildman–Crippen MR) is 73.9 cm³/mol. The third-order valence-electron chi connectivity index (χ3n) is 2.73. The first kappa shape index (κ1) is 13.4. The zero-order chi connectivity index (χ0) is 13.8. The number of carboxylic acid groups (broad SMARTS) is 1. The van der Waals surface area contributed by atoms with Gasteiger partial charge in [0.1, 0.15) is 12.4 Å². The number of hydrogen-bond donors (Lipinski definition) is 1. The maximum Gasteiger partial charge on any atom is 0.337 e. The van der Waals surface area contributed by atoms with Gasteiger partial charge in [0.25, 0.3) is 0 Å². The largest absolute Gasteiger partial charge is 0.489 e. The number of benzene rings is 2. The van der Waals surface area contributed by atoms with Crippen molar-refractivity contribution in [2.75, 3.05) is 0 Å². The van der Waals surface area contributed by atoms with Crippen molar-refractivity contribution in [3.8, 4) is 5.75 Å². The molecule has 19 heavy (non-hydrogen) atoms. The Bertz CT molecular complexity index is 594. The molecule has 0 radical (unpaired) electrons. The Hall–Kier alpha value is -2.00. The summed E-state index contributed by atoms with van der Waals surface area (Å²) in [6, 6.07) is 12.8. The van der Waals surface area contributed by atoms with Gasteiger partial charge in [-0.3, -0.25) is 0 Å². The van der Waals surface area contributed by atoms with E-state index in [0.717, 1.165) is 11.1 Å². The Balaban J connectivity index is 2.17. The second kappa shape index (κ2) is 5.76. The number of rotatable bonds is 4. The minimum atomic E-state index is -1.04. The van der Waals surface area contributed by atoms with Crippen LogP contribution in [0.2, 0.25) is 5.02 Å². The molecule has 2 rings (SSSR count). The normalized spacial score (nSPS) is 10.2. The number of hydrogen-bond acceptors (Lipinski definition) is 2. The molecule has 0 aliphatic heterocycles. The zero-order valence-corrected chi connectivity index (χ0v) is 11.1. The molecule has 3 nitrogen and oxygen atoms in total. The molecule has 0 atom stereocenters. The summed E-state index contributed by atoms with van der Waals surface area (Å²) in [5, 5.41) is 9.15. The van der Waals surface area contributed by atoms with Crippen LogP contribution in [0.3, 0.4) is 0 Å². The van der Waals surface area contributed by atoms with E-state index >= 15 is 0 Å². The third kappa shape index (κ3) is 3.26. The summed E-state index contributed by atoms with van der Waals surface area (Å²) in [6.45, 7) is 2.22. The van der Waals surface area contributed by atoms with Crippen LogP contribution in [0.15, 0.2) is 42.5 Å². The molecule has 0 unspecified atom stereocenters. The van der Waals surface area contributed by atoms with Gasteiger partial charge in [0.15, 0.2) is 0 Å². The highest BCUT2D eigenvalue weighted by atomic mass is 35.5. The number of carbonyl (C=O) groups is 1. The standard InChI is InChI=1S/C15H13ClO3/c1-10-7-12(15(17)18)13(16)8-14(10)19-9-11-5-3-2-4-6-11/h2-8H,9H2,1H3,(H,17,18). The molecule has 0 saturated heterocycles. The fourth-order valence-corrected chi connectivity index (χ4v) is 1.95. The molecule has 0 amide bonds. The molecular weight excluding hydrogens is 264 g/mol. The van der Waals surface area contributed by atoms with Gasteiger partial charge in [-0.05, 0) is 30.2 Å². The molecule has 0 saturated carbocycles. The van der Waals surface area contributed by atoms with Crippen LogP contribution < -0.4 is 4.74 Å². The van der Waals surface area contributed by atoms with E-state index < -0.39 is 5.97 Å². The van der Waals surface area contributed by atoms with Crippen molar-refractivity contribution in [1.82, 2.24) is 0 Å². The van der Waals surface area contributed by atoms with E-state index in [1.807, 2.05) is 30.3 Å². The average Bonchev–Trinajstić information content (AvgIpc) is 2.40. The summed E-state index contributed by atoms with van der Waals surface area (Å²) in [5.74, 6) is -0.443. The number of halogens is 1. The number of aromatic carboxylic acids is 1. The SMILES string of the molecule is Cc1cc(C(=O)O)c(Cl)cc1OCc1ccccc1. The molecule has 0 bridgehead atoms. The van der Waals surface area contributed by atoms with E-state index in [0.29, 0.717) is 12.4 Å². The summed E-state index contributed by atoms with van der Waals surface area (Å²) in [7, 11) is 0. The van der Waals surface area contributed by atoms with Gasteiger partial charge < -0.3 is 9.84 Å². The smallest absolute Gasteiger partial charge is 0.337 e. The fourth-order valence-electron chi connectivity index (χ4n) is 1.72. The summed E-state index contributed by atoms with van der Waals surface area (Å²) in [4.78, 5) is 10.9. The molecule has 0 aliphatic rings. The van der Waals surface area contributed by atoms with Gasteiger partial charge in [0, 0.05) is 0 Å². The van der Waals surface area contributed by atoms with E-state index in [-0.39, 0.29) is 10.6 Å². The topological polar surface area (TPSA) is 46.5 Å². The third-order valence-corrected chi connectivity index (χ3v) is 3.04. The molecule has 0 fully saturated rings. The van der Waals surface area contributed by atoms with E-state index in [4.69, 9.17) is 21.4 Å². The van der Waals surface area contributed by atoms with Gasteiger partial charge in [-0.2, -0.15) is 0 Å². The van der Waals surface area contributed by atoms with Crippen LogP contribution in [0.25, 0.3) is 0 Å². The van der Waals surface area contributed by atoms with Gasteiger partial charge in [-0.1, -0.05) is 41.9 Å². The maximum absolute atomic E-state index is 10.9. The molecule has 0 heterocycles. The Morgan fingerprint density at radius 2 is 1.95 bits per heavy atom. The summed E-state index contributed by atoms with van der Waals surface area (Å²) in [6.07, 6.45) is 0. The summed E-state index contributed by atoms with van der Waals surface area (Å²) >= 11 is 5.92. The lowest BCUT2D eigenvalue weighted by Crippen LogP contribution is -2.01. The van der Waals surface area contributed by atoms with Crippen LogP contribution in [0.4, 0.5) is 0 Å². The molecule has 1 N–H and O–H groups in total. The van der Waals surface area contributed by atoms with Crippen LogP contribution in [-0.4, -0.2) is 11.1 Å². The minimum absolute atomic E-state index is 0.0891. The van der Waals surface area contributed by atoms with Crippen LogP contribution in [-0.2, 0) is 6.61 Å². The summed E-state index contributed by atoms with van der Waals surface area (Å²) in [5.41, 5.74) is 1.88. The lowest BCUT2D eigenvalue weighted by atomic mass is 10.1. The lowest BCUT2D eigenvalue weighted by Gasteiger charge is -2.11. The van der Waals surface area contributed by atoms with Crippen molar-refractivity contribution in [1.29, 1.82) is 0 Å². The Labute approximate surface area is 116 Å². The zero-order valence-electron chi connectivity index (χ0n) is 10.4. The van der Waals surface area contributed by atoms with E-state index in [2.05, 4.69) is 0 Å². The Morgan fingerprint density at radius 3 is 2.58 bits per heavy atom. The highest BCUT2D eigenvalue weighted by Crippen LogP contribution is 2.27. The summed E-state index contributed by atoms with van der Waals surface area (Å²) < 4.78 is 5.66. The molecule has 0 aliphatic carbocycles. The number of ether oxygens (including phenoxy) is 1. The van der Waals surface area contributed by atoms with Crippen molar-refractivity contribution in [2.45, 2.75) is 13.5 Å². The van der Waals surface area contributed by atoms with E-state index in [9.17, 15) is 4.79 Å². The van der Waals surface area contributed by atoms with Crippen molar-refractivity contribution in [2.24, 2.45) is 0 Å². The van der Waals surface area contributed by atoms with Crippen LogP contribution >= 0.6 is 11.6 Å². The Kier molecular flexibility index (Phi) is 4.07. The molecule has 4 heteroatoms. The van der Waals surface area contributed by atoms with E-state index in [1.54, 1.807) is 13.0 Å². The average molecular weight is 277 g/mol.